The van der Waals surface area contributed by atoms with Crippen molar-refractivity contribution in [3.63, 3.8) is 0 Å². The molecule has 0 heterocycles. The third kappa shape index (κ3) is 2.58. The van der Waals surface area contributed by atoms with E-state index in [2.05, 4.69) is 0 Å². The molecule has 0 aliphatic carbocycles. The molecule has 2 atom stereocenters. The molecule has 0 saturated carbocycles. The van der Waals surface area contributed by atoms with Gasteiger partial charge in [-0.3, -0.25) is 0 Å². The Hall–Kier alpha value is -1.41. The normalized spacial score (nSPS) is 14.2. The van der Waals surface area contributed by atoms with Crippen LogP contribution in [0.2, 0.25) is 0 Å². The van der Waals surface area contributed by atoms with Crippen LogP contribution in [0.5, 0.6) is 0 Å². The Kier molecular flexibility index (Phi) is 4.44. The highest BCUT2D eigenvalue weighted by Crippen LogP contribution is 2.24. The van der Waals surface area contributed by atoms with Gasteiger partial charge in [0.15, 0.2) is 0 Å². The summed E-state index contributed by atoms with van der Waals surface area (Å²) in [5.41, 5.74) is 7.11. The summed E-state index contributed by atoms with van der Waals surface area (Å²) in [6.07, 6.45) is -1.55. The van der Waals surface area contributed by atoms with Gasteiger partial charge >= 0.3 is 0 Å². The first-order chi connectivity index (χ1) is 7.61. The summed E-state index contributed by atoms with van der Waals surface area (Å²) in [4.78, 5) is 0. The lowest BCUT2D eigenvalue weighted by Gasteiger charge is -2.19. The fraction of sp³-hybridized carbons (Fsp3) is 0.417. The monoisotopic (exact) mass is 220 g/mol. The number of rotatable bonds is 4. The van der Waals surface area contributed by atoms with Crippen LogP contribution in [0.1, 0.15) is 29.2 Å². The summed E-state index contributed by atoms with van der Waals surface area (Å²) < 4.78 is 0. The summed E-state index contributed by atoms with van der Waals surface area (Å²) in [5, 5.41) is 28.4. The zero-order valence-corrected chi connectivity index (χ0v) is 9.22. The average Bonchev–Trinajstić information content (AvgIpc) is 2.29. The second-order valence-electron chi connectivity index (χ2n) is 3.72. The molecule has 0 aromatic heterocycles. The third-order valence-electron chi connectivity index (χ3n) is 2.64. The predicted octanol–water partition coefficient (Wildman–Crippen LogP) is 0.610. The molecular weight excluding hydrogens is 204 g/mol. The molecule has 0 saturated heterocycles. The highest BCUT2D eigenvalue weighted by molar-refractivity contribution is 5.43. The van der Waals surface area contributed by atoms with Gasteiger partial charge in [-0.2, -0.15) is 5.26 Å². The maximum Gasteiger partial charge on any atom is 0.105 e. The Morgan fingerprint density at radius 2 is 2.12 bits per heavy atom. The van der Waals surface area contributed by atoms with E-state index in [9.17, 15) is 10.2 Å². The minimum Gasteiger partial charge on any atom is -0.390 e. The Labute approximate surface area is 94.9 Å². The van der Waals surface area contributed by atoms with Crippen LogP contribution in [0.15, 0.2) is 18.2 Å². The number of hydrogen-bond acceptors (Lipinski definition) is 4. The van der Waals surface area contributed by atoms with Crippen molar-refractivity contribution in [2.75, 3.05) is 6.54 Å². The van der Waals surface area contributed by atoms with Crippen LogP contribution in [0, 0.1) is 18.3 Å². The van der Waals surface area contributed by atoms with E-state index in [0.717, 1.165) is 0 Å². The Balaban J connectivity index is 3.00. The molecule has 2 unspecified atom stereocenters. The van der Waals surface area contributed by atoms with E-state index in [0.29, 0.717) is 29.7 Å². The highest BCUT2D eigenvalue weighted by atomic mass is 16.3. The molecule has 0 amide bonds. The van der Waals surface area contributed by atoms with Crippen molar-refractivity contribution in [2.24, 2.45) is 5.73 Å². The number of hydrogen-bond donors (Lipinski definition) is 3. The molecule has 0 aliphatic rings. The van der Waals surface area contributed by atoms with Gasteiger partial charge in [-0.15, -0.1) is 0 Å². The minimum absolute atomic E-state index is 0.315. The molecule has 86 valence electrons. The second kappa shape index (κ2) is 5.61. The van der Waals surface area contributed by atoms with Gasteiger partial charge < -0.3 is 15.9 Å². The van der Waals surface area contributed by atoms with Crippen molar-refractivity contribution < 1.29 is 10.2 Å². The van der Waals surface area contributed by atoms with E-state index >= 15 is 0 Å². The van der Waals surface area contributed by atoms with Gasteiger partial charge in [-0.1, -0.05) is 12.1 Å². The van der Waals surface area contributed by atoms with E-state index < -0.39 is 12.2 Å². The molecule has 0 spiro atoms. The first-order valence-electron chi connectivity index (χ1n) is 5.17. The number of nitrogens with two attached hydrogens (primary N) is 1. The maximum atomic E-state index is 9.91. The molecule has 4 N–H and O–H groups in total. The Bertz CT molecular complexity index is 398. The van der Waals surface area contributed by atoms with Gasteiger partial charge in [0.1, 0.15) is 6.10 Å². The van der Waals surface area contributed by atoms with Crippen LogP contribution in [0.25, 0.3) is 0 Å². The van der Waals surface area contributed by atoms with Crippen molar-refractivity contribution in [1.29, 1.82) is 5.26 Å². The van der Waals surface area contributed by atoms with Gasteiger partial charge in [0.2, 0.25) is 0 Å². The summed E-state index contributed by atoms with van der Waals surface area (Å²) >= 11 is 0. The Morgan fingerprint density at radius 1 is 1.44 bits per heavy atom. The minimum atomic E-state index is -0.989. The number of nitriles is 1. The fourth-order valence-corrected chi connectivity index (χ4v) is 1.63. The van der Waals surface area contributed by atoms with Crippen LogP contribution in [-0.2, 0) is 0 Å². The molecular formula is C12H16N2O2. The van der Waals surface area contributed by atoms with Crippen molar-refractivity contribution in [1.82, 2.24) is 0 Å². The molecule has 0 fully saturated rings. The van der Waals surface area contributed by atoms with Crippen molar-refractivity contribution in [3.8, 4) is 6.07 Å². The van der Waals surface area contributed by atoms with Gasteiger partial charge in [-0.05, 0) is 37.1 Å². The zero-order valence-electron chi connectivity index (χ0n) is 9.22. The number of aliphatic hydroxyl groups excluding tert-OH is 2. The smallest absolute Gasteiger partial charge is 0.105 e. The summed E-state index contributed by atoms with van der Waals surface area (Å²) in [7, 11) is 0. The lowest BCUT2D eigenvalue weighted by atomic mass is 9.95. The molecule has 0 aliphatic heterocycles. The van der Waals surface area contributed by atoms with Gasteiger partial charge in [0.25, 0.3) is 0 Å². The summed E-state index contributed by atoms with van der Waals surface area (Å²) in [6, 6.07) is 7.13. The van der Waals surface area contributed by atoms with Crippen LogP contribution >= 0.6 is 0 Å². The average molecular weight is 220 g/mol. The molecule has 0 radical (unpaired) electrons. The van der Waals surface area contributed by atoms with E-state index in [-0.39, 0.29) is 0 Å². The quantitative estimate of drug-likeness (QED) is 0.693. The molecule has 0 bridgehead atoms. The van der Waals surface area contributed by atoms with Gasteiger partial charge in [-0.25, -0.2) is 0 Å². The van der Waals surface area contributed by atoms with Crippen molar-refractivity contribution in [3.05, 3.63) is 34.9 Å². The van der Waals surface area contributed by atoms with Crippen LogP contribution < -0.4 is 5.73 Å². The lowest BCUT2D eigenvalue weighted by Crippen LogP contribution is -2.22. The third-order valence-corrected chi connectivity index (χ3v) is 2.64. The van der Waals surface area contributed by atoms with Crippen LogP contribution in [-0.4, -0.2) is 22.9 Å². The largest absolute Gasteiger partial charge is 0.390 e. The molecule has 1 rings (SSSR count). The Morgan fingerprint density at radius 3 is 2.69 bits per heavy atom. The number of aliphatic hydroxyl groups is 2. The summed E-state index contributed by atoms with van der Waals surface area (Å²) in [6.45, 7) is 2.07. The highest BCUT2D eigenvalue weighted by Gasteiger charge is 2.20. The van der Waals surface area contributed by atoms with Crippen LogP contribution in [0.3, 0.4) is 0 Å². The SMILES string of the molecule is Cc1c(C#N)cccc1C(O)C(O)CCN. The van der Waals surface area contributed by atoms with E-state index in [1.165, 1.54) is 0 Å². The number of nitrogens with zero attached hydrogens (tertiary/aromatic N) is 1. The van der Waals surface area contributed by atoms with Crippen molar-refractivity contribution >= 4 is 0 Å². The van der Waals surface area contributed by atoms with Gasteiger partial charge in [0, 0.05) is 0 Å². The predicted molar refractivity (Wildman–Crippen MR) is 60.5 cm³/mol. The lowest BCUT2D eigenvalue weighted by molar-refractivity contribution is 0.0146. The van der Waals surface area contributed by atoms with Crippen molar-refractivity contribution in [2.45, 2.75) is 25.6 Å². The van der Waals surface area contributed by atoms with E-state index in [1.807, 2.05) is 6.07 Å². The van der Waals surface area contributed by atoms with Gasteiger partial charge in [0.05, 0.1) is 17.7 Å². The molecule has 4 nitrogen and oxygen atoms in total. The molecule has 1 aromatic carbocycles. The molecule has 1 aromatic rings. The van der Waals surface area contributed by atoms with E-state index in [4.69, 9.17) is 11.0 Å². The molecule has 4 heteroatoms. The first-order valence-corrected chi connectivity index (χ1v) is 5.17. The topological polar surface area (TPSA) is 90.3 Å². The number of benzene rings is 1. The van der Waals surface area contributed by atoms with Crippen LogP contribution in [0.4, 0.5) is 0 Å². The summed E-state index contributed by atoms with van der Waals surface area (Å²) in [5.74, 6) is 0. The zero-order chi connectivity index (χ0) is 12.1. The first kappa shape index (κ1) is 12.7. The molecule has 16 heavy (non-hydrogen) atoms. The maximum absolute atomic E-state index is 9.91. The second-order valence-corrected chi connectivity index (χ2v) is 3.72. The fourth-order valence-electron chi connectivity index (χ4n) is 1.63. The van der Waals surface area contributed by atoms with E-state index in [1.54, 1.807) is 25.1 Å². The standard InChI is InChI=1S/C12H16N2O2/c1-8-9(7-14)3-2-4-10(8)12(16)11(15)5-6-13/h2-4,11-12,15-16H,5-6,13H2,1H3.